The van der Waals surface area contributed by atoms with Gasteiger partial charge in [-0.3, -0.25) is 9.88 Å². The molecule has 2 rings (SSSR count). The maximum Gasteiger partial charge on any atom is 0.0919 e. The zero-order chi connectivity index (χ0) is 13.7. The van der Waals surface area contributed by atoms with Crippen molar-refractivity contribution in [1.29, 1.82) is 0 Å². The summed E-state index contributed by atoms with van der Waals surface area (Å²) < 4.78 is 0. The molecule has 1 aromatic heterocycles. The Morgan fingerprint density at radius 3 is 2.58 bits per heavy atom. The number of hydrogen-bond acceptors (Lipinski definition) is 3. The second-order valence-electron chi connectivity index (χ2n) is 4.89. The summed E-state index contributed by atoms with van der Waals surface area (Å²) in [6.07, 6.45) is 1.33. The van der Waals surface area contributed by atoms with E-state index in [-0.39, 0.29) is 0 Å². The van der Waals surface area contributed by atoms with E-state index in [1.165, 1.54) is 0 Å². The lowest BCUT2D eigenvalue weighted by Gasteiger charge is -2.21. The van der Waals surface area contributed by atoms with Crippen LogP contribution in [0.3, 0.4) is 0 Å². The van der Waals surface area contributed by atoms with Crippen LogP contribution in [-0.4, -0.2) is 28.6 Å². The summed E-state index contributed by atoms with van der Waals surface area (Å²) in [6, 6.07) is 13.8. The van der Waals surface area contributed by atoms with Gasteiger partial charge in [-0.2, -0.15) is 0 Å². The third-order valence-corrected chi connectivity index (χ3v) is 3.19. The predicted molar refractivity (Wildman–Crippen MR) is 76.7 cm³/mol. The summed E-state index contributed by atoms with van der Waals surface area (Å²) in [5, 5.41) is 10.3. The molecule has 1 N–H and O–H groups in total. The van der Waals surface area contributed by atoms with Crippen LogP contribution in [0.4, 0.5) is 0 Å². The second kappa shape index (κ2) is 6.45. The topological polar surface area (TPSA) is 36.4 Å². The molecular weight excluding hydrogens is 236 g/mol. The molecule has 3 heteroatoms. The number of pyridine rings is 1. The van der Waals surface area contributed by atoms with Gasteiger partial charge in [0.1, 0.15) is 0 Å². The molecule has 0 spiro atoms. The summed E-state index contributed by atoms with van der Waals surface area (Å²) >= 11 is 0. The molecule has 0 aliphatic rings. The number of rotatable bonds is 5. The van der Waals surface area contributed by atoms with Crippen molar-refractivity contribution in [3.05, 3.63) is 65.5 Å². The van der Waals surface area contributed by atoms with Crippen molar-refractivity contribution < 1.29 is 5.11 Å². The Kier molecular flexibility index (Phi) is 4.66. The van der Waals surface area contributed by atoms with Gasteiger partial charge in [-0.15, -0.1) is 0 Å². The van der Waals surface area contributed by atoms with E-state index in [4.69, 9.17) is 0 Å². The van der Waals surface area contributed by atoms with Gasteiger partial charge in [0.05, 0.1) is 11.8 Å². The Morgan fingerprint density at radius 1 is 1.16 bits per heavy atom. The number of aryl methyl sites for hydroxylation is 1. The monoisotopic (exact) mass is 256 g/mol. The standard InChI is InChI=1S/C16H20N2O/c1-13-7-3-4-9-15(13)16(19)12-18(2)11-14-8-5-6-10-17-14/h3-10,16,19H,11-12H2,1-2H3. The molecule has 100 valence electrons. The number of aliphatic hydroxyl groups is 1. The van der Waals surface area contributed by atoms with E-state index in [0.717, 1.165) is 23.4 Å². The van der Waals surface area contributed by atoms with Crippen molar-refractivity contribution in [3.8, 4) is 0 Å². The molecule has 19 heavy (non-hydrogen) atoms. The third kappa shape index (κ3) is 3.88. The van der Waals surface area contributed by atoms with Crippen LogP contribution in [-0.2, 0) is 6.54 Å². The van der Waals surface area contributed by atoms with E-state index < -0.39 is 6.10 Å². The van der Waals surface area contributed by atoms with Crippen LogP contribution in [0.2, 0.25) is 0 Å². The number of aromatic nitrogens is 1. The number of aliphatic hydroxyl groups excluding tert-OH is 1. The zero-order valence-corrected chi connectivity index (χ0v) is 11.5. The SMILES string of the molecule is Cc1ccccc1C(O)CN(C)Cc1ccccn1. The minimum absolute atomic E-state index is 0.463. The summed E-state index contributed by atoms with van der Waals surface area (Å²) in [5.74, 6) is 0. The van der Waals surface area contributed by atoms with Crippen LogP contribution < -0.4 is 0 Å². The average Bonchev–Trinajstić information content (AvgIpc) is 2.40. The molecule has 3 nitrogen and oxygen atoms in total. The van der Waals surface area contributed by atoms with Crippen LogP contribution in [0.5, 0.6) is 0 Å². The highest BCUT2D eigenvalue weighted by Gasteiger charge is 2.12. The highest BCUT2D eigenvalue weighted by Crippen LogP contribution is 2.18. The van der Waals surface area contributed by atoms with Crippen LogP contribution in [0, 0.1) is 6.92 Å². The molecule has 0 bridgehead atoms. The van der Waals surface area contributed by atoms with Gasteiger partial charge in [-0.1, -0.05) is 30.3 Å². The first-order valence-corrected chi connectivity index (χ1v) is 6.49. The Bertz CT molecular complexity index is 513. The van der Waals surface area contributed by atoms with Gasteiger partial charge in [0.2, 0.25) is 0 Å². The highest BCUT2D eigenvalue weighted by atomic mass is 16.3. The van der Waals surface area contributed by atoms with Crippen molar-refractivity contribution in [2.45, 2.75) is 19.6 Å². The van der Waals surface area contributed by atoms with E-state index in [0.29, 0.717) is 6.54 Å². The average molecular weight is 256 g/mol. The van der Waals surface area contributed by atoms with Crippen molar-refractivity contribution >= 4 is 0 Å². The van der Waals surface area contributed by atoms with E-state index in [1.54, 1.807) is 6.20 Å². The van der Waals surface area contributed by atoms with Crippen LogP contribution >= 0.6 is 0 Å². The molecule has 2 aromatic rings. The quantitative estimate of drug-likeness (QED) is 0.893. The molecule has 0 radical (unpaired) electrons. The Labute approximate surface area is 114 Å². The first kappa shape index (κ1) is 13.7. The fourth-order valence-electron chi connectivity index (χ4n) is 2.19. The Balaban J connectivity index is 1.96. The predicted octanol–water partition coefficient (Wildman–Crippen LogP) is 2.56. The highest BCUT2D eigenvalue weighted by molar-refractivity contribution is 5.27. The number of benzene rings is 1. The number of hydrogen-bond donors (Lipinski definition) is 1. The molecule has 0 saturated heterocycles. The molecule has 1 unspecified atom stereocenters. The van der Waals surface area contributed by atoms with Gasteiger partial charge in [0, 0.05) is 19.3 Å². The smallest absolute Gasteiger partial charge is 0.0919 e. The van der Waals surface area contributed by atoms with Gasteiger partial charge >= 0.3 is 0 Å². The molecule has 1 heterocycles. The molecule has 0 aliphatic carbocycles. The molecule has 1 atom stereocenters. The Hall–Kier alpha value is -1.71. The summed E-state index contributed by atoms with van der Waals surface area (Å²) in [5.41, 5.74) is 3.14. The first-order valence-electron chi connectivity index (χ1n) is 6.49. The maximum atomic E-state index is 10.3. The fourth-order valence-corrected chi connectivity index (χ4v) is 2.19. The fraction of sp³-hybridized carbons (Fsp3) is 0.312. The van der Waals surface area contributed by atoms with Crippen molar-refractivity contribution in [2.75, 3.05) is 13.6 Å². The van der Waals surface area contributed by atoms with Gasteiger partial charge < -0.3 is 5.11 Å². The van der Waals surface area contributed by atoms with Crippen LogP contribution in [0.1, 0.15) is 22.9 Å². The normalized spacial score (nSPS) is 12.6. The molecule has 0 fully saturated rings. The van der Waals surface area contributed by atoms with E-state index in [9.17, 15) is 5.11 Å². The second-order valence-corrected chi connectivity index (χ2v) is 4.89. The summed E-state index contributed by atoms with van der Waals surface area (Å²) in [7, 11) is 2.00. The molecular formula is C16H20N2O. The van der Waals surface area contributed by atoms with Gasteiger partial charge in [-0.25, -0.2) is 0 Å². The van der Waals surface area contributed by atoms with Gasteiger partial charge in [0.15, 0.2) is 0 Å². The minimum atomic E-state index is -0.463. The van der Waals surface area contributed by atoms with Crippen LogP contribution in [0.25, 0.3) is 0 Å². The van der Waals surface area contributed by atoms with Crippen molar-refractivity contribution in [3.63, 3.8) is 0 Å². The van der Waals surface area contributed by atoms with Crippen molar-refractivity contribution in [1.82, 2.24) is 9.88 Å². The Morgan fingerprint density at radius 2 is 1.89 bits per heavy atom. The molecule has 0 saturated carbocycles. The number of likely N-dealkylation sites (N-methyl/N-ethyl adjacent to an activating group) is 1. The largest absolute Gasteiger partial charge is 0.387 e. The maximum absolute atomic E-state index is 10.3. The van der Waals surface area contributed by atoms with Gasteiger partial charge in [0.25, 0.3) is 0 Å². The van der Waals surface area contributed by atoms with Crippen LogP contribution in [0.15, 0.2) is 48.7 Å². The third-order valence-electron chi connectivity index (χ3n) is 3.19. The zero-order valence-electron chi connectivity index (χ0n) is 11.5. The summed E-state index contributed by atoms with van der Waals surface area (Å²) in [4.78, 5) is 6.38. The van der Waals surface area contributed by atoms with E-state index >= 15 is 0 Å². The first-order chi connectivity index (χ1) is 9.16. The molecule has 1 aromatic carbocycles. The molecule has 0 aliphatic heterocycles. The lowest BCUT2D eigenvalue weighted by atomic mass is 10.0. The minimum Gasteiger partial charge on any atom is -0.387 e. The molecule has 0 amide bonds. The lowest BCUT2D eigenvalue weighted by Crippen LogP contribution is -2.25. The number of nitrogens with zero attached hydrogens (tertiary/aromatic N) is 2. The van der Waals surface area contributed by atoms with Crippen molar-refractivity contribution in [2.24, 2.45) is 0 Å². The van der Waals surface area contributed by atoms with E-state index in [1.807, 2.05) is 56.4 Å². The van der Waals surface area contributed by atoms with Gasteiger partial charge in [-0.05, 0) is 37.2 Å². The van der Waals surface area contributed by atoms with E-state index in [2.05, 4.69) is 9.88 Å². The lowest BCUT2D eigenvalue weighted by molar-refractivity contribution is 0.122. The summed E-state index contributed by atoms with van der Waals surface area (Å²) in [6.45, 7) is 3.36.